The fraction of sp³-hybridized carbons (Fsp3) is 0.179. The maximum absolute atomic E-state index is 12.9. The van der Waals surface area contributed by atoms with Gasteiger partial charge in [0.05, 0.1) is 11.9 Å². The fourth-order valence-corrected chi connectivity index (χ4v) is 4.88. The van der Waals surface area contributed by atoms with Gasteiger partial charge in [-0.2, -0.15) is 5.10 Å². The first kappa shape index (κ1) is 21.6. The van der Waals surface area contributed by atoms with Gasteiger partial charge in [-0.15, -0.1) is 0 Å². The molecule has 1 aliphatic heterocycles. The molecule has 0 saturated heterocycles. The van der Waals surface area contributed by atoms with E-state index in [2.05, 4.69) is 54.1 Å². The molecule has 0 atom stereocenters. The Balaban J connectivity index is 1.32. The normalized spacial score (nSPS) is 12.8. The number of nitrogens with one attached hydrogen (secondary N) is 1. The smallest absolute Gasteiger partial charge is 0.260 e. The Morgan fingerprint density at radius 1 is 0.971 bits per heavy atom. The Kier molecular flexibility index (Phi) is 5.28. The molecule has 2 amide bonds. The van der Waals surface area contributed by atoms with Crippen molar-refractivity contribution in [1.82, 2.24) is 9.99 Å². The summed E-state index contributed by atoms with van der Waals surface area (Å²) < 4.78 is 2.18. The molecule has 0 bridgehead atoms. The van der Waals surface area contributed by atoms with Gasteiger partial charge < -0.3 is 4.57 Å². The number of anilines is 1. The number of rotatable bonds is 5. The molecule has 0 spiro atoms. The zero-order chi connectivity index (χ0) is 24.0. The molecule has 2 heterocycles. The number of carbonyl (C=O) groups is 2. The van der Waals surface area contributed by atoms with E-state index < -0.39 is 0 Å². The van der Waals surface area contributed by atoms with Gasteiger partial charge in [-0.05, 0) is 74.5 Å². The van der Waals surface area contributed by atoms with Gasteiger partial charge in [0, 0.05) is 33.6 Å². The molecular weight excluding hydrogens is 424 g/mol. The van der Waals surface area contributed by atoms with Crippen molar-refractivity contribution in [3.8, 4) is 5.69 Å². The second kappa shape index (κ2) is 8.30. The maximum Gasteiger partial charge on any atom is 0.260 e. The molecule has 34 heavy (non-hydrogen) atoms. The molecule has 1 aliphatic rings. The SMILES string of the molecule is Cc1cc(C)cc(-n2c(C)cc(/C=N\NC(=O)CN3C(=O)c4cccc5cccc3c45)c2C)c1. The zero-order valence-electron chi connectivity index (χ0n) is 19.7. The minimum Gasteiger partial charge on any atom is -0.318 e. The summed E-state index contributed by atoms with van der Waals surface area (Å²) in [6.07, 6.45) is 1.65. The van der Waals surface area contributed by atoms with E-state index in [1.165, 1.54) is 16.0 Å². The van der Waals surface area contributed by atoms with Gasteiger partial charge >= 0.3 is 0 Å². The molecule has 0 saturated carbocycles. The quantitative estimate of drug-likeness (QED) is 0.344. The molecule has 6 heteroatoms. The van der Waals surface area contributed by atoms with Crippen molar-refractivity contribution < 1.29 is 9.59 Å². The Morgan fingerprint density at radius 3 is 2.41 bits per heavy atom. The maximum atomic E-state index is 12.9. The molecule has 6 nitrogen and oxygen atoms in total. The first-order valence-electron chi connectivity index (χ1n) is 11.3. The lowest BCUT2D eigenvalue weighted by molar-refractivity contribution is -0.119. The Bertz CT molecular complexity index is 1470. The van der Waals surface area contributed by atoms with Crippen LogP contribution in [0.3, 0.4) is 0 Å². The van der Waals surface area contributed by atoms with E-state index in [9.17, 15) is 9.59 Å². The summed E-state index contributed by atoms with van der Waals surface area (Å²) in [5.41, 5.74) is 10.5. The van der Waals surface area contributed by atoms with E-state index >= 15 is 0 Å². The Morgan fingerprint density at radius 2 is 1.68 bits per heavy atom. The van der Waals surface area contributed by atoms with Crippen LogP contribution < -0.4 is 10.3 Å². The minimum atomic E-state index is -0.350. The van der Waals surface area contributed by atoms with E-state index in [4.69, 9.17) is 0 Å². The molecule has 1 N–H and O–H groups in total. The number of amides is 2. The molecule has 0 fully saturated rings. The highest BCUT2D eigenvalue weighted by molar-refractivity contribution is 6.26. The number of hydrazone groups is 1. The van der Waals surface area contributed by atoms with Gasteiger partial charge in [0.1, 0.15) is 6.54 Å². The summed E-state index contributed by atoms with van der Waals surface area (Å²) in [5.74, 6) is -0.513. The van der Waals surface area contributed by atoms with E-state index in [-0.39, 0.29) is 18.4 Å². The van der Waals surface area contributed by atoms with Crippen LogP contribution in [-0.2, 0) is 4.79 Å². The van der Waals surface area contributed by atoms with Gasteiger partial charge in [-0.1, -0.05) is 30.3 Å². The number of benzene rings is 3. The third kappa shape index (κ3) is 3.67. The van der Waals surface area contributed by atoms with Crippen LogP contribution in [-0.4, -0.2) is 29.1 Å². The summed E-state index contributed by atoms with van der Waals surface area (Å²) in [6.45, 7) is 8.18. The van der Waals surface area contributed by atoms with Crippen molar-refractivity contribution in [3.63, 3.8) is 0 Å². The average Bonchev–Trinajstić information content (AvgIpc) is 3.22. The second-order valence-electron chi connectivity index (χ2n) is 8.87. The summed E-state index contributed by atoms with van der Waals surface area (Å²) >= 11 is 0. The lowest BCUT2D eigenvalue weighted by atomic mass is 10.1. The highest BCUT2D eigenvalue weighted by atomic mass is 16.2. The van der Waals surface area contributed by atoms with Crippen LogP contribution in [0.15, 0.2) is 65.8 Å². The largest absolute Gasteiger partial charge is 0.318 e. The van der Waals surface area contributed by atoms with Crippen molar-refractivity contribution in [1.29, 1.82) is 0 Å². The van der Waals surface area contributed by atoms with Crippen LogP contribution in [0.1, 0.15) is 38.4 Å². The van der Waals surface area contributed by atoms with Gasteiger partial charge in [0.25, 0.3) is 11.8 Å². The molecule has 0 unspecified atom stereocenters. The fourth-order valence-electron chi connectivity index (χ4n) is 4.88. The number of nitrogens with zero attached hydrogens (tertiary/aromatic N) is 3. The molecule has 170 valence electrons. The summed E-state index contributed by atoms with van der Waals surface area (Å²) in [5, 5.41) is 6.06. The number of aromatic nitrogens is 1. The number of hydrogen-bond acceptors (Lipinski definition) is 3. The number of hydrogen-bond donors (Lipinski definition) is 1. The number of aryl methyl sites for hydroxylation is 3. The van der Waals surface area contributed by atoms with Crippen molar-refractivity contribution in [2.24, 2.45) is 5.10 Å². The standard InChI is InChI=1S/C28H26N4O2/c1-17-11-18(2)13-23(12-17)32-19(3)14-22(20(32)4)15-29-30-26(33)16-31-25-10-6-8-21-7-5-9-24(27(21)25)28(31)34/h5-15H,16H2,1-4H3,(H,30,33)/b29-15-. The molecule has 3 aromatic carbocycles. The molecule has 1 aromatic heterocycles. The third-order valence-corrected chi connectivity index (χ3v) is 6.28. The monoisotopic (exact) mass is 450 g/mol. The van der Waals surface area contributed by atoms with Gasteiger partial charge in [0.15, 0.2) is 0 Å². The third-order valence-electron chi connectivity index (χ3n) is 6.28. The average molecular weight is 451 g/mol. The van der Waals surface area contributed by atoms with E-state index in [0.717, 1.165) is 39.1 Å². The predicted molar refractivity (Wildman–Crippen MR) is 136 cm³/mol. The van der Waals surface area contributed by atoms with Gasteiger partial charge in [0.2, 0.25) is 0 Å². The topological polar surface area (TPSA) is 66.7 Å². The molecule has 0 aliphatic carbocycles. The van der Waals surface area contributed by atoms with Crippen LogP contribution in [0.5, 0.6) is 0 Å². The van der Waals surface area contributed by atoms with Gasteiger partial charge in [-0.25, -0.2) is 5.43 Å². The van der Waals surface area contributed by atoms with Crippen LogP contribution in [0, 0.1) is 27.7 Å². The van der Waals surface area contributed by atoms with Crippen molar-refractivity contribution in [2.45, 2.75) is 27.7 Å². The minimum absolute atomic E-state index is 0.0917. The molecular formula is C28H26N4O2. The van der Waals surface area contributed by atoms with Crippen molar-refractivity contribution in [2.75, 3.05) is 11.4 Å². The van der Waals surface area contributed by atoms with E-state index in [0.29, 0.717) is 5.56 Å². The first-order valence-corrected chi connectivity index (χ1v) is 11.3. The second-order valence-corrected chi connectivity index (χ2v) is 8.87. The lowest BCUT2D eigenvalue weighted by Gasteiger charge is -2.16. The lowest BCUT2D eigenvalue weighted by Crippen LogP contribution is -2.37. The van der Waals surface area contributed by atoms with Crippen LogP contribution in [0.4, 0.5) is 5.69 Å². The summed E-state index contributed by atoms with van der Waals surface area (Å²) in [4.78, 5) is 27.0. The Labute approximate surface area is 198 Å². The highest BCUT2D eigenvalue weighted by Gasteiger charge is 2.30. The van der Waals surface area contributed by atoms with Crippen molar-refractivity contribution >= 4 is 34.5 Å². The zero-order valence-corrected chi connectivity index (χ0v) is 19.7. The van der Waals surface area contributed by atoms with E-state index in [1.807, 2.05) is 43.3 Å². The van der Waals surface area contributed by atoms with Crippen LogP contribution >= 0.6 is 0 Å². The molecule has 5 rings (SSSR count). The van der Waals surface area contributed by atoms with Crippen LogP contribution in [0.25, 0.3) is 16.5 Å². The highest BCUT2D eigenvalue weighted by Crippen LogP contribution is 2.36. The van der Waals surface area contributed by atoms with Gasteiger partial charge in [-0.3, -0.25) is 14.5 Å². The first-order chi connectivity index (χ1) is 16.3. The summed E-state index contributed by atoms with van der Waals surface area (Å²) in [6, 6.07) is 19.9. The molecule has 0 radical (unpaired) electrons. The Hall–Kier alpha value is -4.19. The predicted octanol–water partition coefficient (Wildman–Crippen LogP) is 4.97. The van der Waals surface area contributed by atoms with E-state index in [1.54, 1.807) is 12.3 Å². The van der Waals surface area contributed by atoms with Crippen LogP contribution in [0.2, 0.25) is 0 Å². The molecule has 4 aromatic rings. The van der Waals surface area contributed by atoms with Crippen molar-refractivity contribution in [3.05, 3.63) is 94.3 Å². The number of carbonyl (C=O) groups excluding carboxylic acids is 2. The summed E-state index contributed by atoms with van der Waals surface area (Å²) in [7, 11) is 0.